The van der Waals surface area contributed by atoms with Crippen LogP contribution in [0.5, 0.6) is 46.0 Å². The van der Waals surface area contributed by atoms with Crippen LogP contribution < -0.4 is 18.9 Å². The highest BCUT2D eigenvalue weighted by Gasteiger charge is 2.36. The van der Waals surface area contributed by atoms with Gasteiger partial charge in [0, 0.05) is 65.5 Å². The van der Waals surface area contributed by atoms with E-state index in [2.05, 4.69) is 329 Å². The summed E-state index contributed by atoms with van der Waals surface area (Å²) in [5.41, 5.74) is 16.9. The van der Waals surface area contributed by atoms with Gasteiger partial charge in [-0.15, -0.1) is 0 Å². The van der Waals surface area contributed by atoms with E-state index in [9.17, 15) is 0 Å². The van der Waals surface area contributed by atoms with Gasteiger partial charge in [0.2, 0.25) is 0 Å². The van der Waals surface area contributed by atoms with Gasteiger partial charge in [0.15, 0.2) is 23.3 Å². The third kappa shape index (κ3) is 13.7. The van der Waals surface area contributed by atoms with Gasteiger partial charge in [-0.25, -0.2) is 29.9 Å². The molecule has 0 amide bonds. The van der Waals surface area contributed by atoms with Gasteiger partial charge in [0.25, 0.3) is 0 Å². The van der Waals surface area contributed by atoms with E-state index in [-0.39, 0.29) is 0 Å². The van der Waals surface area contributed by atoms with Crippen molar-refractivity contribution in [3.8, 4) is 91.5 Å². The first-order valence-corrected chi connectivity index (χ1v) is 41.8. The van der Waals surface area contributed by atoms with Crippen molar-refractivity contribution in [1.29, 1.82) is 0 Å². The molecule has 0 saturated carbocycles. The molecule has 0 unspecified atom stereocenters. The predicted octanol–water partition coefficient (Wildman–Crippen LogP) is 27.5. The molecule has 0 atom stereocenters. The Kier molecular flexibility index (Phi) is 19.1. The lowest BCUT2D eigenvalue weighted by Gasteiger charge is -2.32. The number of hydrogen-bond donors (Lipinski definition) is 2. The Morgan fingerprint density at radius 2 is 0.355 bits per heavy atom. The molecule has 0 saturated heterocycles. The van der Waals surface area contributed by atoms with Crippen molar-refractivity contribution in [3.05, 3.63) is 479 Å². The second-order valence-electron chi connectivity index (χ2n) is 32.4. The molecule has 0 fully saturated rings. The lowest BCUT2D eigenvalue weighted by Crippen LogP contribution is -2.25. The predicted molar refractivity (Wildman–Crippen MR) is 496 cm³/mol. The number of hydrogen-bond acceptors (Lipinski definition) is 10. The van der Waals surface area contributed by atoms with Crippen molar-refractivity contribution in [1.82, 2.24) is 39.9 Å². The van der Waals surface area contributed by atoms with Crippen LogP contribution in [0.3, 0.4) is 0 Å². The van der Waals surface area contributed by atoms with Crippen molar-refractivity contribution < 1.29 is 18.9 Å². The van der Waals surface area contributed by atoms with Gasteiger partial charge >= 0.3 is 0 Å². The Morgan fingerprint density at radius 1 is 0.169 bits per heavy atom. The van der Waals surface area contributed by atoms with Crippen LogP contribution >= 0.6 is 0 Å². The molecule has 8 bridgehead atoms. The van der Waals surface area contributed by atoms with E-state index in [0.717, 1.165) is 54.9 Å². The highest BCUT2D eigenvalue weighted by molar-refractivity contribution is 6.07. The second kappa shape index (κ2) is 31.3. The third-order valence-electron chi connectivity index (χ3n) is 25.2. The van der Waals surface area contributed by atoms with Crippen LogP contribution in [-0.2, 0) is 21.7 Å². The molecule has 5 heterocycles. The van der Waals surface area contributed by atoms with Gasteiger partial charge in [-0.05, 0) is 216 Å². The molecule has 594 valence electrons. The fourth-order valence-electron chi connectivity index (χ4n) is 18.1. The van der Waals surface area contributed by atoms with Crippen molar-refractivity contribution in [2.45, 2.75) is 49.4 Å². The molecule has 3 aromatic heterocycles. The maximum Gasteiger partial charge on any atom is 0.164 e. The zero-order valence-corrected chi connectivity index (χ0v) is 68.6. The topological polar surface area (TPSA) is 146 Å². The normalized spacial score (nSPS) is 12.0. The van der Waals surface area contributed by atoms with E-state index in [1.807, 2.05) is 121 Å². The number of aromatic nitrogens is 8. The van der Waals surface area contributed by atoms with E-state index in [1.54, 1.807) is 0 Å². The largest absolute Gasteiger partial charge is 0.457 e. The van der Waals surface area contributed by atoms with E-state index in [4.69, 9.17) is 48.9 Å². The number of H-pyrrole nitrogens is 2. The highest BCUT2D eigenvalue weighted by Crippen LogP contribution is 2.48. The van der Waals surface area contributed by atoms with Crippen molar-refractivity contribution in [2.24, 2.45) is 0 Å². The summed E-state index contributed by atoms with van der Waals surface area (Å²) in [5.74, 6) is 6.56. The van der Waals surface area contributed by atoms with Crippen LogP contribution in [0, 0.1) is 0 Å². The lowest BCUT2D eigenvalue weighted by molar-refractivity contribution is 0.482. The van der Waals surface area contributed by atoms with Gasteiger partial charge in [0.1, 0.15) is 68.6 Å². The summed E-state index contributed by atoms with van der Waals surface area (Å²) in [6.45, 7) is 9.11. The minimum atomic E-state index is -0.447. The van der Waals surface area contributed by atoms with Crippen LogP contribution in [0.2, 0.25) is 0 Å². The number of aromatic amines is 2. The van der Waals surface area contributed by atoms with E-state index < -0.39 is 21.7 Å². The van der Waals surface area contributed by atoms with Crippen LogP contribution in [-0.4, -0.2) is 39.9 Å². The number of benzene rings is 16. The molecule has 12 nitrogen and oxygen atoms in total. The number of fused-ring (bicyclic) bond motifs is 20. The summed E-state index contributed by atoms with van der Waals surface area (Å²) < 4.78 is 27.5. The first-order valence-electron chi connectivity index (χ1n) is 41.8. The Balaban J connectivity index is 0.713. The molecular formula is C112H82N8O4. The molecule has 12 heteroatoms. The minimum Gasteiger partial charge on any atom is -0.457 e. The second-order valence-corrected chi connectivity index (χ2v) is 32.4. The summed E-state index contributed by atoms with van der Waals surface area (Å²) in [7, 11) is 0. The smallest absolute Gasteiger partial charge is 0.164 e. The zero-order valence-electron chi connectivity index (χ0n) is 68.6. The van der Waals surface area contributed by atoms with Gasteiger partial charge in [-0.3, -0.25) is 0 Å². The first-order chi connectivity index (χ1) is 60.9. The Labute approximate surface area is 718 Å². The summed E-state index contributed by atoms with van der Waals surface area (Å²) in [4.78, 5) is 40.4. The molecule has 19 aromatic rings. The molecule has 0 radical (unpaired) electrons. The van der Waals surface area contributed by atoms with Gasteiger partial charge in [0.05, 0.1) is 0 Å². The standard InChI is InChI=1S/C112H82N8O4/c1-109(73-29-13-5-14-30-73,74-31-15-6-16-32-74)81-45-53-85(54-46-81)121-89-61-65-93-97(69-89)105-113-101(93)118-106-99-71-91(123-87-57-49-83(50-58-87)111(3,77-37-21-9-22-38-77)78-39-23-10-24-40-78)63-67-95(99)103(115-106)120-108-100-72-92(124-88-59-51-84(52-60-88)112(4,79-41-25-11-26-42-79)80-43-27-12-28-44-80)64-68-96(100)104(116-108)119-107-98-70-90(62-66-94(98)102(114-107)117-105)122-86-55-47-82(48-56-86)110(2,75-33-17-7-18-34-75)76-35-19-8-20-36-76/h5-72H,1-4H3,(H2,113,114,115,116,117,118,119,120). The average Bonchev–Trinajstić information content (AvgIpc) is 1.27. The van der Waals surface area contributed by atoms with Crippen LogP contribution in [0.4, 0.5) is 0 Å². The Morgan fingerprint density at radius 3 is 0.589 bits per heavy atom. The molecule has 2 aliphatic rings. The monoisotopic (exact) mass is 1600 g/mol. The minimum absolute atomic E-state index is 0.392. The Hall–Kier alpha value is -15.9. The number of nitrogens with one attached hydrogen (secondary N) is 2. The quantitative estimate of drug-likeness (QED) is 0.0707. The van der Waals surface area contributed by atoms with Crippen molar-refractivity contribution >= 4 is 44.1 Å². The van der Waals surface area contributed by atoms with Crippen LogP contribution in [0.25, 0.3) is 89.7 Å². The van der Waals surface area contributed by atoms with E-state index >= 15 is 0 Å². The maximum atomic E-state index is 6.89. The molecule has 2 aliphatic heterocycles. The molecule has 124 heavy (non-hydrogen) atoms. The number of nitrogens with zero attached hydrogens (tertiary/aromatic N) is 6. The van der Waals surface area contributed by atoms with Gasteiger partial charge in [-0.1, -0.05) is 291 Å². The molecule has 0 aliphatic carbocycles. The van der Waals surface area contributed by atoms with Crippen LogP contribution in [0.15, 0.2) is 413 Å². The molecule has 21 rings (SSSR count). The molecular weight excluding hydrogens is 1520 g/mol. The number of ether oxygens (including phenoxy) is 4. The molecule has 0 spiro atoms. The highest BCUT2D eigenvalue weighted by atomic mass is 16.5. The van der Waals surface area contributed by atoms with Crippen molar-refractivity contribution in [3.63, 3.8) is 0 Å². The summed E-state index contributed by atoms with van der Waals surface area (Å²) >= 11 is 0. The molecule has 2 N–H and O–H groups in total. The number of rotatable bonds is 20. The fourth-order valence-corrected chi connectivity index (χ4v) is 18.1. The van der Waals surface area contributed by atoms with Crippen LogP contribution in [0.1, 0.15) is 94.5 Å². The third-order valence-corrected chi connectivity index (χ3v) is 25.2. The SMILES string of the molecule is CC(c1ccccc1)(c1ccccc1)c1ccc(Oc2ccc3c(c2)-c2nc-3nc3[nH]c(nc4nc(nc5[nH]c(n2)c2ccc(Oc6ccc(C(C)(c7ccccc7)c7ccccc7)cc6)cc52)-c2ccc(Oc5ccc(C(C)(c6ccccc6)c6ccccc6)cc5)cc2-4)c2ccc(Oc4ccc(C(C)(c5ccccc5)c5ccccc5)cc4)cc32)cc1. The lowest BCUT2D eigenvalue weighted by atomic mass is 9.71. The van der Waals surface area contributed by atoms with Crippen molar-refractivity contribution in [2.75, 3.05) is 0 Å². The zero-order chi connectivity index (χ0) is 83.4. The summed E-state index contributed by atoms with van der Waals surface area (Å²) in [5, 5.41) is 2.96. The van der Waals surface area contributed by atoms with E-state index in [1.165, 1.54) is 44.5 Å². The average molecular weight is 1600 g/mol. The maximum absolute atomic E-state index is 6.89. The fraction of sp³-hybridized carbons (Fsp3) is 0.0714. The van der Waals surface area contributed by atoms with E-state index in [0.29, 0.717) is 103 Å². The molecule has 16 aromatic carbocycles. The van der Waals surface area contributed by atoms with Gasteiger partial charge < -0.3 is 28.9 Å². The Bertz CT molecular complexity index is 6750. The summed E-state index contributed by atoms with van der Waals surface area (Å²) in [6.07, 6.45) is 0. The first kappa shape index (κ1) is 75.5. The van der Waals surface area contributed by atoms with Gasteiger partial charge in [-0.2, -0.15) is 0 Å². The summed E-state index contributed by atoms with van der Waals surface area (Å²) in [6, 6.07) is 143.